The van der Waals surface area contributed by atoms with Gasteiger partial charge in [-0.25, -0.2) is 0 Å². The van der Waals surface area contributed by atoms with Crippen molar-refractivity contribution >= 4 is 11.6 Å². The number of allylic oxidation sites excluding steroid dienone is 1. The molecular weight excluding hydrogens is 324 g/mol. The van der Waals surface area contributed by atoms with Crippen molar-refractivity contribution in [2.75, 3.05) is 0 Å². The molecule has 132 valence electrons. The van der Waals surface area contributed by atoms with Gasteiger partial charge in [0.2, 0.25) is 5.78 Å². The molecule has 0 fully saturated rings. The Morgan fingerprint density at radius 2 is 1.88 bits per heavy atom. The highest BCUT2D eigenvalue weighted by Gasteiger charge is 2.68. The van der Waals surface area contributed by atoms with Crippen molar-refractivity contribution in [1.29, 1.82) is 0 Å². The topological polar surface area (TPSA) is 115 Å². The summed E-state index contributed by atoms with van der Waals surface area (Å²) in [5.41, 5.74) is -4.28. The van der Waals surface area contributed by atoms with Crippen LogP contribution < -0.4 is 0 Å². The molecule has 6 heteroatoms. The summed E-state index contributed by atoms with van der Waals surface area (Å²) in [6.45, 7) is 1.93. The van der Waals surface area contributed by atoms with E-state index in [0.717, 1.165) is 0 Å². The Hall–Kier alpha value is -2.02. The number of aromatic hydroxyl groups is 1. The smallest absolute Gasteiger partial charge is 0.202 e. The Kier molecular flexibility index (Phi) is 3.29. The number of Topliss-reactive ketones (excluding diaryl/α,β-unsaturated/α-hetero) is 2. The van der Waals surface area contributed by atoms with Crippen molar-refractivity contribution in [2.45, 2.75) is 49.9 Å². The van der Waals surface area contributed by atoms with Crippen LogP contribution in [0, 0.1) is 5.92 Å². The van der Waals surface area contributed by atoms with Crippen LogP contribution in [0.5, 0.6) is 5.75 Å². The fourth-order valence-corrected chi connectivity index (χ4v) is 4.75. The number of phenolic OH excluding ortho intramolecular Hbond substituents is 1. The van der Waals surface area contributed by atoms with Crippen LogP contribution in [0.3, 0.4) is 0 Å². The molecule has 0 aromatic heterocycles. The number of phenols is 1. The Labute approximate surface area is 144 Å². The van der Waals surface area contributed by atoms with Crippen molar-refractivity contribution in [3.8, 4) is 5.75 Å². The zero-order valence-electron chi connectivity index (χ0n) is 13.8. The number of aliphatic hydroxyl groups is 3. The second-order valence-corrected chi connectivity index (χ2v) is 7.52. The van der Waals surface area contributed by atoms with Gasteiger partial charge in [0.1, 0.15) is 17.5 Å². The highest BCUT2D eigenvalue weighted by Crippen LogP contribution is 2.56. The maximum Gasteiger partial charge on any atom is 0.202 e. The lowest BCUT2D eigenvalue weighted by Crippen LogP contribution is -2.68. The molecule has 0 unspecified atom stereocenters. The molecular formula is C19H20O6. The molecule has 4 atom stereocenters. The average molecular weight is 344 g/mol. The van der Waals surface area contributed by atoms with Gasteiger partial charge in [-0.1, -0.05) is 24.6 Å². The van der Waals surface area contributed by atoms with Crippen molar-refractivity contribution < 1.29 is 30.0 Å². The molecule has 0 bridgehead atoms. The first-order chi connectivity index (χ1) is 11.7. The van der Waals surface area contributed by atoms with Gasteiger partial charge in [0, 0.05) is 23.1 Å². The van der Waals surface area contributed by atoms with E-state index in [2.05, 4.69) is 0 Å². The molecule has 3 aliphatic carbocycles. The van der Waals surface area contributed by atoms with E-state index >= 15 is 0 Å². The molecule has 6 nitrogen and oxygen atoms in total. The van der Waals surface area contributed by atoms with Gasteiger partial charge in [-0.2, -0.15) is 0 Å². The molecule has 0 heterocycles. The van der Waals surface area contributed by atoms with E-state index in [0.29, 0.717) is 18.4 Å². The summed E-state index contributed by atoms with van der Waals surface area (Å²) < 4.78 is 0. The van der Waals surface area contributed by atoms with Crippen LogP contribution in [0.4, 0.5) is 0 Å². The van der Waals surface area contributed by atoms with E-state index in [1.165, 1.54) is 18.2 Å². The molecule has 0 saturated heterocycles. The highest BCUT2D eigenvalue weighted by molar-refractivity contribution is 6.16. The van der Waals surface area contributed by atoms with E-state index in [1.54, 1.807) is 0 Å². The van der Waals surface area contributed by atoms with Crippen LogP contribution in [0.2, 0.25) is 0 Å². The number of benzene rings is 1. The Balaban J connectivity index is 2.01. The number of fused-ring (bicyclic) bond motifs is 3. The molecule has 3 aliphatic rings. The summed E-state index contributed by atoms with van der Waals surface area (Å²) in [6.07, 6.45) is -0.656. The zero-order chi connectivity index (χ0) is 18.1. The van der Waals surface area contributed by atoms with E-state index in [-0.39, 0.29) is 47.0 Å². The molecule has 0 radical (unpaired) electrons. The number of carbonyl (C=O) groups is 2. The molecule has 0 amide bonds. The van der Waals surface area contributed by atoms with E-state index in [4.69, 9.17) is 0 Å². The Bertz CT molecular complexity index is 840. The second kappa shape index (κ2) is 5.00. The maximum atomic E-state index is 13.1. The maximum absolute atomic E-state index is 13.1. The first kappa shape index (κ1) is 16.4. The van der Waals surface area contributed by atoms with Crippen molar-refractivity contribution in [1.82, 2.24) is 0 Å². The minimum Gasteiger partial charge on any atom is -0.508 e. The minimum absolute atomic E-state index is 0.0580. The van der Waals surface area contributed by atoms with Gasteiger partial charge in [-0.3, -0.25) is 9.59 Å². The zero-order valence-corrected chi connectivity index (χ0v) is 13.8. The predicted molar refractivity (Wildman–Crippen MR) is 87.0 cm³/mol. The van der Waals surface area contributed by atoms with E-state index in [9.17, 15) is 30.0 Å². The monoisotopic (exact) mass is 344 g/mol. The summed E-state index contributed by atoms with van der Waals surface area (Å²) in [7, 11) is 0. The number of hydrogen-bond donors (Lipinski definition) is 4. The summed E-state index contributed by atoms with van der Waals surface area (Å²) >= 11 is 0. The third-order valence-corrected chi connectivity index (χ3v) is 5.94. The number of aliphatic hydroxyl groups excluding tert-OH is 1. The molecule has 4 rings (SSSR count). The van der Waals surface area contributed by atoms with Crippen LogP contribution in [0.25, 0.3) is 0 Å². The average Bonchev–Trinajstić information content (AvgIpc) is 2.55. The standard InChI is InChI=1S/C19H20O6/c1-9-7-10-5-6-18(24)17(23)14-11(3-2-4-12(14)20)16(22)19(18,25)15(10)13(21)8-9/h2-4,9,17,20,23-25H,5-8H2,1H3/t9-,17-,18+,19-/m0/s1. The molecule has 1 aromatic rings. The van der Waals surface area contributed by atoms with Gasteiger partial charge in [0.25, 0.3) is 0 Å². The molecule has 1 aromatic carbocycles. The van der Waals surface area contributed by atoms with Crippen LogP contribution in [0.1, 0.15) is 54.6 Å². The fourth-order valence-electron chi connectivity index (χ4n) is 4.75. The summed E-state index contributed by atoms with van der Waals surface area (Å²) in [6, 6.07) is 4.11. The highest BCUT2D eigenvalue weighted by atomic mass is 16.4. The van der Waals surface area contributed by atoms with Crippen molar-refractivity contribution in [3.05, 3.63) is 40.5 Å². The van der Waals surface area contributed by atoms with Gasteiger partial charge in [0.15, 0.2) is 11.4 Å². The van der Waals surface area contributed by atoms with E-state index in [1.807, 2.05) is 6.92 Å². The predicted octanol–water partition coefficient (Wildman–Crippen LogP) is 1.17. The lowest BCUT2D eigenvalue weighted by Gasteiger charge is -2.53. The lowest BCUT2D eigenvalue weighted by atomic mass is 9.55. The molecule has 0 saturated carbocycles. The third-order valence-electron chi connectivity index (χ3n) is 5.94. The molecule has 0 aliphatic heterocycles. The number of rotatable bonds is 0. The van der Waals surface area contributed by atoms with Crippen LogP contribution >= 0.6 is 0 Å². The lowest BCUT2D eigenvalue weighted by molar-refractivity contribution is -0.184. The number of carbonyl (C=O) groups excluding carboxylic acids is 2. The normalized spacial score (nSPS) is 37.4. The van der Waals surface area contributed by atoms with Gasteiger partial charge in [-0.05, 0) is 31.2 Å². The Morgan fingerprint density at radius 1 is 1.16 bits per heavy atom. The van der Waals surface area contributed by atoms with Gasteiger partial charge < -0.3 is 20.4 Å². The molecule has 0 spiro atoms. The summed E-state index contributed by atoms with van der Waals surface area (Å²) in [5, 5.41) is 43.3. The summed E-state index contributed by atoms with van der Waals surface area (Å²) in [4.78, 5) is 25.8. The first-order valence-corrected chi connectivity index (χ1v) is 8.47. The number of hydrogen-bond acceptors (Lipinski definition) is 6. The Morgan fingerprint density at radius 3 is 2.60 bits per heavy atom. The minimum atomic E-state index is -2.49. The quantitative estimate of drug-likeness (QED) is 0.562. The first-order valence-electron chi connectivity index (χ1n) is 8.47. The third kappa shape index (κ3) is 1.84. The fraction of sp³-hybridized carbons (Fsp3) is 0.474. The summed E-state index contributed by atoms with van der Waals surface area (Å²) in [5.74, 6) is -1.42. The van der Waals surface area contributed by atoms with E-state index < -0.39 is 23.1 Å². The van der Waals surface area contributed by atoms with Crippen molar-refractivity contribution in [2.24, 2.45) is 5.92 Å². The van der Waals surface area contributed by atoms with Crippen LogP contribution in [0.15, 0.2) is 29.3 Å². The molecule has 4 N–H and O–H groups in total. The van der Waals surface area contributed by atoms with Crippen molar-refractivity contribution in [3.63, 3.8) is 0 Å². The second-order valence-electron chi connectivity index (χ2n) is 7.52. The SMILES string of the molecule is C[C@@H]1CC(=O)C2=C(CC[C@@]3(O)[C@@H](O)c4c(O)cccc4C(=O)[C@@]23O)C1. The van der Waals surface area contributed by atoms with Crippen LogP contribution in [-0.2, 0) is 4.79 Å². The van der Waals surface area contributed by atoms with Gasteiger partial charge >= 0.3 is 0 Å². The van der Waals surface area contributed by atoms with Gasteiger partial charge in [-0.15, -0.1) is 0 Å². The molecule has 25 heavy (non-hydrogen) atoms. The van der Waals surface area contributed by atoms with Gasteiger partial charge in [0.05, 0.1) is 0 Å². The largest absolute Gasteiger partial charge is 0.508 e. The van der Waals surface area contributed by atoms with Crippen LogP contribution in [-0.4, -0.2) is 43.2 Å². The number of ketones is 2.